The van der Waals surface area contributed by atoms with Gasteiger partial charge in [0.2, 0.25) is 10.0 Å². The van der Waals surface area contributed by atoms with Crippen LogP contribution in [0.2, 0.25) is 25.1 Å². The number of aromatic nitrogens is 3. The van der Waals surface area contributed by atoms with Crippen molar-refractivity contribution in [2.45, 2.75) is 67.3 Å². The van der Waals surface area contributed by atoms with Crippen LogP contribution in [0.25, 0.3) is 32.7 Å². The lowest BCUT2D eigenvalue weighted by Gasteiger charge is -2.35. The molecule has 115 heavy (non-hydrogen) atoms. The average molecular weight is 1670 g/mol. The van der Waals surface area contributed by atoms with E-state index in [1.807, 2.05) is 103 Å². The first-order chi connectivity index (χ1) is 55.8. The minimum atomic E-state index is -3.66. The molecule has 594 valence electrons. The third-order valence-corrected chi connectivity index (χ3v) is 24.5. The van der Waals surface area contributed by atoms with Crippen LogP contribution in [0.15, 0.2) is 205 Å². The number of H-pyrrole nitrogens is 3. The maximum Gasteiger partial charge on any atom is 0.416 e. The van der Waals surface area contributed by atoms with Gasteiger partial charge >= 0.3 is 18.3 Å². The Bertz CT molecular complexity index is 5610. The molecule has 5 unspecified atom stereocenters. The van der Waals surface area contributed by atoms with Crippen molar-refractivity contribution in [3.8, 4) is 34.5 Å². The fourth-order valence-electron chi connectivity index (χ4n) is 15.7. The number of likely N-dealkylation sites (tertiary alicyclic amines) is 1. The van der Waals surface area contributed by atoms with Crippen LogP contribution in [-0.4, -0.2) is 175 Å². The zero-order valence-electron chi connectivity index (χ0n) is 62.5. The molecule has 0 spiro atoms. The first-order valence-corrected chi connectivity index (χ1v) is 41.3. The number of nitrogens with one attached hydrogen (secondary N) is 3. The molecule has 3 saturated heterocycles. The van der Waals surface area contributed by atoms with Gasteiger partial charge in [0.15, 0.2) is 0 Å². The van der Waals surface area contributed by atoms with E-state index in [-0.39, 0.29) is 23.6 Å². The van der Waals surface area contributed by atoms with Crippen LogP contribution in [0.1, 0.15) is 81.4 Å². The number of hydrogen-bond acceptors (Lipinski definition) is 15. The molecule has 0 bridgehead atoms. The smallest absolute Gasteiger partial charge is 0.416 e. The highest BCUT2D eigenvalue weighted by molar-refractivity contribution is 7.89. The number of methoxy groups -OCH3 is 1. The second-order valence-electron chi connectivity index (χ2n) is 28.8. The van der Waals surface area contributed by atoms with Crippen LogP contribution in [0.5, 0.6) is 34.5 Å². The van der Waals surface area contributed by atoms with Crippen molar-refractivity contribution in [1.29, 1.82) is 0 Å². The van der Waals surface area contributed by atoms with Crippen LogP contribution in [0.4, 0.5) is 14.4 Å². The normalized spacial score (nSPS) is 18.3. The number of epoxide rings is 1. The molecule has 9 heterocycles. The predicted octanol–water partition coefficient (Wildman–Crippen LogP) is 17.9. The lowest BCUT2D eigenvalue weighted by atomic mass is 9.92. The number of morpholine rings is 1. The van der Waals surface area contributed by atoms with Gasteiger partial charge in [0.25, 0.3) is 0 Å². The lowest BCUT2D eigenvalue weighted by molar-refractivity contribution is 0.0730. The topological polar surface area (TPSA) is 246 Å². The molecule has 22 nitrogen and oxygen atoms in total. The molecule has 3 fully saturated rings. The SMILES string of the molecule is COc1ccc(OC(=O)N2CCc3c([nH]c4ccc(Cl)cc34)C2c2ccc(S(=O)(=O)N3CCOCC3)cc2)cc1.O=C(Oc1ccc(Cl)cc1)N1CCc2c([nH]c3ccc(Cl)cc23)C1c1ccc(OCC(O)CN2CCCC2)cc1.O=C(Oc1ccc(Cl)cc1)N1CCc2c([nH]c3ccc(Cl)cc23)C1c1ccc(OCC2CO2)cc1. The molecule has 18 rings (SSSR count). The van der Waals surface area contributed by atoms with Crippen LogP contribution in [-0.2, 0) is 38.8 Å². The van der Waals surface area contributed by atoms with E-state index in [2.05, 4.69) is 19.9 Å². The minimum absolute atomic E-state index is 0.187. The summed E-state index contributed by atoms with van der Waals surface area (Å²) < 4.78 is 72.5. The van der Waals surface area contributed by atoms with Crippen LogP contribution >= 0.6 is 58.0 Å². The van der Waals surface area contributed by atoms with E-state index in [4.69, 9.17) is 95.9 Å². The van der Waals surface area contributed by atoms with E-state index in [1.54, 1.807) is 119 Å². The molecular formula is C87H81Cl5N8O14S. The molecule has 6 aliphatic heterocycles. The number of carbonyl (C=O) groups is 3. The largest absolute Gasteiger partial charge is 0.497 e. The van der Waals surface area contributed by atoms with Crippen LogP contribution in [0.3, 0.4) is 0 Å². The zero-order valence-corrected chi connectivity index (χ0v) is 67.1. The molecular weight excluding hydrogens is 1590 g/mol. The van der Waals surface area contributed by atoms with Crippen molar-refractivity contribution in [3.05, 3.63) is 276 Å². The number of rotatable bonds is 17. The van der Waals surface area contributed by atoms with Crippen molar-refractivity contribution < 1.29 is 65.8 Å². The first-order valence-electron chi connectivity index (χ1n) is 38.0. The summed E-state index contributed by atoms with van der Waals surface area (Å²) in [6, 6.07) is 58.5. The Labute approximate surface area is 689 Å². The van der Waals surface area contributed by atoms with Crippen LogP contribution < -0.4 is 28.4 Å². The van der Waals surface area contributed by atoms with Gasteiger partial charge in [-0.1, -0.05) is 94.4 Å². The quantitative estimate of drug-likeness (QED) is 0.0619. The summed E-state index contributed by atoms with van der Waals surface area (Å²) in [6.45, 7) is 6.97. The van der Waals surface area contributed by atoms with E-state index in [9.17, 15) is 27.9 Å². The highest BCUT2D eigenvalue weighted by atomic mass is 35.5. The fraction of sp³-hybridized carbons (Fsp3) is 0.276. The number of aliphatic hydroxyl groups is 1. The Morgan fingerprint density at radius 3 is 1.21 bits per heavy atom. The van der Waals surface area contributed by atoms with Crippen molar-refractivity contribution in [3.63, 3.8) is 0 Å². The van der Waals surface area contributed by atoms with Gasteiger partial charge in [-0.2, -0.15) is 4.31 Å². The Hall–Kier alpha value is -9.99. The number of aromatic amines is 3. The van der Waals surface area contributed by atoms with E-state index in [0.717, 1.165) is 109 Å². The summed E-state index contributed by atoms with van der Waals surface area (Å²) in [6.07, 6.45) is 2.59. The molecule has 3 amide bonds. The van der Waals surface area contributed by atoms with E-state index in [0.29, 0.717) is 132 Å². The summed E-state index contributed by atoms with van der Waals surface area (Å²) in [5.74, 6) is 3.35. The highest BCUT2D eigenvalue weighted by Crippen LogP contribution is 2.45. The van der Waals surface area contributed by atoms with Gasteiger partial charge in [0.1, 0.15) is 78.0 Å². The number of nitrogens with zero attached hydrogens (tertiary/aromatic N) is 5. The number of fused-ring (bicyclic) bond motifs is 9. The Morgan fingerprint density at radius 2 is 0.817 bits per heavy atom. The minimum Gasteiger partial charge on any atom is -0.497 e. The molecule has 0 aliphatic carbocycles. The number of hydrogen-bond donors (Lipinski definition) is 4. The number of carbonyl (C=O) groups excluding carboxylic acids is 3. The number of halogens is 5. The van der Waals surface area contributed by atoms with Crippen molar-refractivity contribution >= 4 is 119 Å². The Morgan fingerprint density at radius 1 is 0.461 bits per heavy atom. The molecule has 3 aromatic heterocycles. The van der Waals surface area contributed by atoms with Gasteiger partial charge in [-0.05, 0) is 242 Å². The summed E-state index contributed by atoms with van der Waals surface area (Å²) in [5.41, 5.74) is 11.6. The third-order valence-electron chi connectivity index (χ3n) is 21.4. The monoisotopic (exact) mass is 1670 g/mol. The lowest BCUT2D eigenvalue weighted by Crippen LogP contribution is -2.42. The van der Waals surface area contributed by atoms with Crippen molar-refractivity contribution in [2.24, 2.45) is 0 Å². The Balaban J connectivity index is 0.000000130. The molecule has 0 saturated carbocycles. The second kappa shape index (κ2) is 34.8. The highest BCUT2D eigenvalue weighted by Gasteiger charge is 2.40. The predicted molar refractivity (Wildman–Crippen MR) is 442 cm³/mol. The van der Waals surface area contributed by atoms with Gasteiger partial charge in [-0.3, -0.25) is 14.7 Å². The number of benzene rings is 9. The average Bonchev–Trinajstić information content (AvgIpc) is 1.63. The summed E-state index contributed by atoms with van der Waals surface area (Å²) in [4.78, 5) is 58.6. The van der Waals surface area contributed by atoms with Gasteiger partial charge in [-0.15, -0.1) is 0 Å². The van der Waals surface area contributed by atoms with E-state index >= 15 is 0 Å². The number of amides is 3. The number of sulfonamides is 1. The molecule has 9 aromatic carbocycles. The fourth-order valence-corrected chi connectivity index (χ4v) is 17.8. The molecule has 12 aromatic rings. The van der Waals surface area contributed by atoms with Crippen LogP contribution in [0, 0.1) is 0 Å². The standard InChI is InChI=1S/C31H31Cl2N3O4.C29H28ClN3O6S.C27H22Cl2N2O4/c32-21-5-10-25(11-6-21)40-31(38)36-16-13-26-27-17-22(33)7-12-28(27)34-29(26)30(36)20-3-8-24(9-4-20)39-19-23(37)18-35-14-1-2-15-35;1-37-21-5-7-22(8-6-21)39-29(34)33-13-12-24-25-18-20(30)4-11-26(25)31-27(24)28(33)19-2-9-23(10-3-19)40(35,36)32-14-16-38-17-15-32;28-17-3-8-20(9-4-17)35-27(32)31-12-11-22-23-13-18(29)5-10-24(23)30-25(22)26(31)16-1-6-19(7-2-16)33-14-21-15-34-21/h3-12,17,23,30,34,37H,1-2,13-16,18-19H2;2-11,18,28,31H,12-17H2,1H3;1-10,13,21,26,30H,11-12,14-15H2. The van der Waals surface area contributed by atoms with Crippen molar-refractivity contribution in [2.75, 3.05) is 92.5 Å². The number of β-amino-alcohol motifs (C(OH)–C–C–N with tert-alkyl or cyclic N) is 1. The summed E-state index contributed by atoms with van der Waals surface area (Å²) in [7, 11) is -2.08. The first kappa shape index (κ1) is 78.9. The maximum absolute atomic E-state index is 13.5. The van der Waals surface area contributed by atoms with Crippen molar-refractivity contribution in [1.82, 2.24) is 38.9 Å². The Kier molecular flexibility index (Phi) is 23.9. The third kappa shape index (κ3) is 17.9. The van der Waals surface area contributed by atoms with Gasteiger partial charge < -0.3 is 62.9 Å². The summed E-state index contributed by atoms with van der Waals surface area (Å²) >= 11 is 30.9. The maximum atomic E-state index is 13.5. The number of ether oxygens (including phenoxy) is 8. The molecule has 0 radical (unpaired) electrons. The van der Waals surface area contributed by atoms with Gasteiger partial charge in [-0.25, -0.2) is 22.8 Å². The second-order valence-corrected chi connectivity index (χ2v) is 32.9. The van der Waals surface area contributed by atoms with E-state index in [1.165, 1.54) is 17.1 Å². The number of aliphatic hydroxyl groups excluding tert-OH is 1. The summed E-state index contributed by atoms with van der Waals surface area (Å²) in [5, 5.41) is 16.7. The van der Waals surface area contributed by atoms with Gasteiger partial charge in [0, 0.05) is 114 Å². The van der Waals surface area contributed by atoms with E-state index < -0.39 is 46.5 Å². The molecule has 4 N–H and O–H groups in total. The molecule has 5 atom stereocenters. The zero-order chi connectivity index (χ0) is 79.4. The van der Waals surface area contributed by atoms with Gasteiger partial charge in [0.05, 0.1) is 31.8 Å². The molecule has 6 aliphatic rings. The molecule has 28 heteroatoms.